The first-order chi connectivity index (χ1) is 9.27. The van der Waals surface area contributed by atoms with E-state index in [1.807, 2.05) is 0 Å². The summed E-state index contributed by atoms with van der Waals surface area (Å²) in [6.07, 6.45) is 4.74. The fraction of sp³-hybridized carbons (Fsp3) is 0.667. The number of ether oxygens (including phenoxy) is 1. The lowest BCUT2D eigenvalue weighted by molar-refractivity contribution is 0.0329. The molecular weight excluding hydrogens is 246 g/mol. The maximum absolute atomic E-state index is 11.2. The van der Waals surface area contributed by atoms with E-state index in [1.165, 1.54) is 6.33 Å². The summed E-state index contributed by atoms with van der Waals surface area (Å²) in [6.45, 7) is 3.47. The fourth-order valence-electron chi connectivity index (χ4n) is 2.04. The number of H-pyrrole nitrogens is 1. The highest BCUT2D eigenvalue weighted by Gasteiger charge is 2.12. The SMILES string of the molecule is Nc1c(NCCCOC2CCNCC2)nc[nH]c1=O. The molecule has 0 amide bonds. The van der Waals surface area contributed by atoms with Crippen LogP contribution in [0, 0.1) is 0 Å². The molecule has 1 aliphatic rings. The van der Waals surface area contributed by atoms with Gasteiger partial charge in [0.15, 0.2) is 5.82 Å². The van der Waals surface area contributed by atoms with Gasteiger partial charge in [0.05, 0.1) is 12.4 Å². The molecule has 2 heterocycles. The molecule has 0 bridgehead atoms. The number of aromatic nitrogens is 2. The molecule has 1 aromatic rings. The standard InChI is InChI=1S/C12H21N5O2/c13-10-11(16-8-17-12(10)18)15-4-1-7-19-9-2-5-14-6-3-9/h8-9,14H,1-7,13H2,(H2,15,16,17,18). The normalized spacial score (nSPS) is 16.4. The average Bonchev–Trinajstić information content (AvgIpc) is 2.44. The topological polar surface area (TPSA) is 105 Å². The van der Waals surface area contributed by atoms with Crippen molar-refractivity contribution in [2.75, 3.05) is 37.3 Å². The minimum atomic E-state index is -0.316. The zero-order valence-electron chi connectivity index (χ0n) is 10.9. The molecule has 2 rings (SSSR count). The largest absolute Gasteiger partial charge is 0.391 e. The van der Waals surface area contributed by atoms with Crippen LogP contribution < -0.4 is 21.9 Å². The summed E-state index contributed by atoms with van der Waals surface area (Å²) in [5, 5.41) is 6.35. The highest BCUT2D eigenvalue weighted by molar-refractivity contribution is 5.58. The van der Waals surface area contributed by atoms with E-state index in [-0.39, 0.29) is 11.2 Å². The van der Waals surface area contributed by atoms with Crippen molar-refractivity contribution in [2.24, 2.45) is 0 Å². The van der Waals surface area contributed by atoms with E-state index in [9.17, 15) is 4.79 Å². The molecule has 5 N–H and O–H groups in total. The Bertz CT molecular complexity index is 442. The Morgan fingerprint density at radius 3 is 3.05 bits per heavy atom. The smallest absolute Gasteiger partial charge is 0.276 e. The minimum Gasteiger partial charge on any atom is -0.391 e. The maximum Gasteiger partial charge on any atom is 0.276 e. The van der Waals surface area contributed by atoms with E-state index < -0.39 is 0 Å². The van der Waals surface area contributed by atoms with Gasteiger partial charge < -0.3 is 26.1 Å². The predicted octanol–water partition coefficient (Wildman–Crippen LogP) is -0.0773. The Morgan fingerprint density at radius 1 is 1.47 bits per heavy atom. The van der Waals surface area contributed by atoms with Gasteiger partial charge in [0.1, 0.15) is 5.69 Å². The van der Waals surface area contributed by atoms with Gasteiger partial charge in [-0.05, 0) is 32.4 Å². The Kier molecular flexibility index (Phi) is 5.17. The quantitative estimate of drug-likeness (QED) is 0.537. The maximum atomic E-state index is 11.2. The molecule has 1 aromatic heterocycles. The summed E-state index contributed by atoms with van der Waals surface area (Å²) in [5.74, 6) is 0.436. The molecule has 19 heavy (non-hydrogen) atoms. The van der Waals surface area contributed by atoms with E-state index >= 15 is 0 Å². The third-order valence-corrected chi connectivity index (χ3v) is 3.14. The number of nitrogen functional groups attached to an aromatic ring is 1. The van der Waals surface area contributed by atoms with E-state index in [0.717, 1.165) is 32.4 Å². The number of nitrogens with zero attached hydrogens (tertiary/aromatic N) is 1. The van der Waals surface area contributed by atoms with Crippen LogP contribution in [0.5, 0.6) is 0 Å². The number of hydrogen-bond acceptors (Lipinski definition) is 6. The van der Waals surface area contributed by atoms with Crippen LogP contribution in [-0.2, 0) is 4.74 Å². The number of aromatic amines is 1. The van der Waals surface area contributed by atoms with Gasteiger partial charge in [0.25, 0.3) is 5.56 Å². The van der Waals surface area contributed by atoms with Crippen molar-refractivity contribution in [2.45, 2.75) is 25.4 Å². The van der Waals surface area contributed by atoms with Crippen LogP contribution in [0.1, 0.15) is 19.3 Å². The molecule has 0 saturated carbocycles. The van der Waals surface area contributed by atoms with Crippen molar-refractivity contribution in [3.63, 3.8) is 0 Å². The number of anilines is 2. The van der Waals surface area contributed by atoms with Crippen molar-refractivity contribution in [1.29, 1.82) is 0 Å². The molecule has 1 fully saturated rings. The van der Waals surface area contributed by atoms with Crippen molar-refractivity contribution < 1.29 is 4.74 Å². The lowest BCUT2D eigenvalue weighted by Crippen LogP contribution is -2.32. The van der Waals surface area contributed by atoms with E-state index in [1.54, 1.807) is 0 Å². The molecule has 0 unspecified atom stereocenters. The predicted molar refractivity (Wildman–Crippen MR) is 74.2 cm³/mol. The van der Waals surface area contributed by atoms with E-state index in [0.29, 0.717) is 25.1 Å². The number of nitrogens with one attached hydrogen (secondary N) is 3. The van der Waals surface area contributed by atoms with Crippen LogP contribution in [0.3, 0.4) is 0 Å². The Balaban J connectivity index is 1.63. The number of rotatable bonds is 6. The highest BCUT2D eigenvalue weighted by atomic mass is 16.5. The summed E-state index contributed by atoms with van der Waals surface area (Å²) in [4.78, 5) is 17.7. The molecule has 0 radical (unpaired) electrons. The molecule has 0 spiro atoms. The van der Waals surface area contributed by atoms with Crippen LogP contribution >= 0.6 is 0 Å². The van der Waals surface area contributed by atoms with Gasteiger partial charge in [0, 0.05) is 13.2 Å². The van der Waals surface area contributed by atoms with Gasteiger partial charge >= 0.3 is 0 Å². The van der Waals surface area contributed by atoms with Crippen molar-refractivity contribution in [3.05, 3.63) is 16.7 Å². The first-order valence-electron chi connectivity index (χ1n) is 6.66. The summed E-state index contributed by atoms with van der Waals surface area (Å²) in [7, 11) is 0. The summed E-state index contributed by atoms with van der Waals surface area (Å²) < 4.78 is 5.78. The lowest BCUT2D eigenvalue weighted by atomic mass is 10.1. The van der Waals surface area contributed by atoms with Crippen molar-refractivity contribution in [1.82, 2.24) is 15.3 Å². The second-order valence-corrected chi connectivity index (χ2v) is 4.59. The van der Waals surface area contributed by atoms with Crippen LogP contribution in [0.15, 0.2) is 11.1 Å². The second kappa shape index (κ2) is 7.10. The van der Waals surface area contributed by atoms with Gasteiger partial charge in [-0.3, -0.25) is 4.79 Å². The molecule has 7 heteroatoms. The highest BCUT2D eigenvalue weighted by Crippen LogP contribution is 2.09. The number of piperidine rings is 1. The van der Waals surface area contributed by atoms with Crippen molar-refractivity contribution in [3.8, 4) is 0 Å². The van der Waals surface area contributed by atoms with Gasteiger partial charge in [-0.2, -0.15) is 0 Å². The Labute approximate surface area is 111 Å². The monoisotopic (exact) mass is 267 g/mol. The summed E-state index contributed by atoms with van der Waals surface area (Å²) in [5.41, 5.74) is 5.42. The van der Waals surface area contributed by atoms with Crippen LogP contribution in [0.25, 0.3) is 0 Å². The zero-order valence-corrected chi connectivity index (χ0v) is 10.9. The molecule has 106 valence electrons. The minimum absolute atomic E-state index is 0.127. The molecule has 1 aliphatic heterocycles. The van der Waals surface area contributed by atoms with Crippen LogP contribution in [0.2, 0.25) is 0 Å². The van der Waals surface area contributed by atoms with Gasteiger partial charge in [-0.15, -0.1) is 0 Å². The first kappa shape index (κ1) is 13.8. The molecule has 0 aliphatic carbocycles. The average molecular weight is 267 g/mol. The molecule has 1 saturated heterocycles. The molecular formula is C12H21N5O2. The fourth-order valence-corrected chi connectivity index (χ4v) is 2.04. The first-order valence-corrected chi connectivity index (χ1v) is 6.66. The Morgan fingerprint density at radius 2 is 2.26 bits per heavy atom. The Hall–Kier alpha value is -1.60. The molecule has 0 atom stereocenters. The van der Waals surface area contributed by atoms with Crippen LogP contribution in [0.4, 0.5) is 11.5 Å². The number of hydrogen-bond donors (Lipinski definition) is 4. The van der Waals surface area contributed by atoms with E-state index in [4.69, 9.17) is 10.5 Å². The summed E-state index contributed by atoms with van der Waals surface area (Å²) in [6, 6.07) is 0. The van der Waals surface area contributed by atoms with Gasteiger partial charge in [-0.25, -0.2) is 4.98 Å². The lowest BCUT2D eigenvalue weighted by Gasteiger charge is -2.22. The van der Waals surface area contributed by atoms with Gasteiger partial charge in [0.2, 0.25) is 0 Å². The van der Waals surface area contributed by atoms with Crippen molar-refractivity contribution >= 4 is 11.5 Å². The second-order valence-electron chi connectivity index (χ2n) is 4.59. The third-order valence-electron chi connectivity index (χ3n) is 3.14. The van der Waals surface area contributed by atoms with Gasteiger partial charge in [-0.1, -0.05) is 0 Å². The van der Waals surface area contributed by atoms with Crippen LogP contribution in [-0.4, -0.2) is 42.3 Å². The van der Waals surface area contributed by atoms with E-state index in [2.05, 4.69) is 20.6 Å². The third kappa shape index (κ3) is 4.22. The molecule has 0 aromatic carbocycles. The zero-order chi connectivity index (χ0) is 13.5. The summed E-state index contributed by atoms with van der Waals surface area (Å²) >= 11 is 0. The molecule has 7 nitrogen and oxygen atoms in total. The number of nitrogens with two attached hydrogens (primary N) is 1.